The first-order chi connectivity index (χ1) is 10.2. The van der Waals surface area contributed by atoms with E-state index in [0.29, 0.717) is 16.6 Å². The van der Waals surface area contributed by atoms with Crippen molar-refractivity contribution in [2.75, 3.05) is 24.6 Å². The number of amides is 1. The second kappa shape index (κ2) is 5.93. The smallest absolute Gasteiger partial charge is 0.272 e. The molecule has 4 nitrogen and oxygen atoms in total. The molecule has 2 heterocycles. The predicted molar refractivity (Wildman–Crippen MR) is 88.6 cm³/mol. The van der Waals surface area contributed by atoms with Gasteiger partial charge in [0, 0.05) is 35.2 Å². The number of carbonyl (C=O) groups is 1. The topological polar surface area (TPSA) is 59.2 Å². The molecule has 0 bridgehead atoms. The van der Waals surface area contributed by atoms with Crippen LogP contribution in [0.25, 0.3) is 10.9 Å². The minimum absolute atomic E-state index is 0.00815. The summed E-state index contributed by atoms with van der Waals surface area (Å²) in [6, 6.07) is 9.36. The van der Waals surface area contributed by atoms with Gasteiger partial charge in [0.05, 0.1) is 5.52 Å². The van der Waals surface area contributed by atoms with Crippen LogP contribution in [0, 0.1) is 0 Å². The maximum Gasteiger partial charge on any atom is 0.272 e. The number of thioether (sulfide) groups is 1. The van der Waals surface area contributed by atoms with Gasteiger partial charge in [0.25, 0.3) is 5.91 Å². The maximum absolute atomic E-state index is 12.7. The highest BCUT2D eigenvalue weighted by molar-refractivity contribution is 8.00. The third-order valence-electron chi connectivity index (χ3n) is 3.85. The Bertz CT molecular complexity index is 674. The van der Waals surface area contributed by atoms with E-state index in [2.05, 4.69) is 11.9 Å². The van der Waals surface area contributed by atoms with Gasteiger partial charge in [-0.1, -0.05) is 25.1 Å². The standard InChI is InChI=1S/C16H19N3OS/c1-2-11-10-19(7-8-21-11)16(20)15-9-13(17)12-5-3-4-6-14(12)18-15/h3-6,9,11H,2,7-8,10H2,1H3,(H2,17,18). The highest BCUT2D eigenvalue weighted by Crippen LogP contribution is 2.24. The monoisotopic (exact) mass is 301 g/mol. The number of hydrogen-bond acceptors (Lipinski definition) is 4. The first kappa shape index (κ1) is 14.2. The van der Waals surface area contributed by atoms with Crippen LogP contribution in [0.3, 0.4) is 0 Å². The summed E-state index contributed by atoms with van der Waals surface area (Å²) in [4.78, 5) is 19.0. The number of hydrogen-bond donors (Lipinski definition) is 1. The van der Waals surface area contributed by atoms with Gasteiger partial charge >= 0.3 is 0 Å². The number of fused-ring (bicyclic) bond motifs is 1. The summed E-state index contributed by atoms with van der Waals surface area (Å²) >= 11 is 1.95. The average Bonchev–Trinajstić information content (AvgIpc) is 2.54. The number of para-hydroxylation sites is 1. The molecule has 0 saturated carbocycles. The molecule has 1 fully saturated rings. The number of benzene rings is 1. The number of anilines is 1. The van der Waals surface area contributed by atoms with Crippen LogP contribution < -0.4 is 5.73 Å². The maximum atomic E-state index is 12.7. The molecule has 1 amide bonds. The summed E-state index contributed by atoms with van der Waals surface area (Å²) in [7, 11) is 0. The van der Waals surface area contributed by atoms with Gasteiger partial charge < -0.3 is 10.6 Å². The molecule has 1 aliphatic rings. The Kier molecular flexibility index (Phi) is 4.01. The van der Waals surface area contributed by atoms with Crippen LogP contribution in [0.5, 0.6) is 0 Å². The lowest BCUT2D eigenvalue weighted by Crippen LogP contribution is -2.42. The van der Waals surface area contributed by atoms with Crippen molar-refractivity contribution in [2.24, 2.45) is 0 Å². The molecule has 110 valence electrons. The Morgan fingerprint density at radius 2 is 2.29 bits per heavy atom. The van der Waals surface area contributed by atoms with E-state index in [0.717, 1.165) is 36.2 Å². The fourth-order valence-electron chi connectivity index (χ4n) is 2.62. The van der Waals surface area contributed by atoms with Gasteiger partial charge in [-0.3, -0.25) is 4.79 Å². The quantitative estimate of drug-likeness (QED) is 0.926. The van der Waals surface area contributed by atoms with Gasteiger partial charge in [-0.15, -0.1) is 0 Å². The molecular formula is C16H19N3OS. The average molecular weight is 301 g/mol. The Morgan fingerprint density at radius 3 is 3.10 bits per heavy atom. The van der Waals surface area contributed by atoms with Gasteiger partial charge in [-0.2, -0.15) is 11.8 Å². The molecule has 1 aliphatic heterocycles. The molecule has 1 aromatic heterocycles. The first-order valence-electron chi connectivity index (χ1n) is 7.25. The summed E-state index contributed by atoms with van der Waals surface area (Å²) < 4.78 is 0. The van der Waals surface area contributed by atoms with Crippen LogP contribution in [0.1, 0.15) is 23.8 Å². The van der Waals surface area contributed by atoms with Crippen molar-refractivity contribution in [3.8, 4) is 0 Å². The van der Waals surface area contributed by atoms with Gasteiger partial charge in [-0.05, 0) is 18.6 Å². The summed E-state index contributed by atoms with van der Waals surface area (Å²) in [6.45, 7) is 3.75. The highest BCUT2D eigenvalue weighted by Gasteiger charge is 2.25. The van der Waals surface area contributed by atoms with Crippen LogP contribution in [-0.4, -0.2) is 39.9 Å². The number of nitrogen functional groups attached to an aromatic ring is 1. The fourth-order valence-corrected chi connectivity index (χ4v) is 3.80. The molecule has 21 heavy (non-hydrogen) atoms. The Morgan fingerprint density at radius 1 is 1.48 bits per heavy atom. The van der Waals surface area contributed by atoms with Crippen molar-refractivity contribution in [1.82, 2.24) is 9.88 Å². The van der Waals surface area contributed by atoms with E-state index in [9.17, 15) is 4.79 Å². The molecule has 2 aromatic rings. The van der Waals surface area contributed by atoms with Crippen LogP contribution in [0.4, 0.5) is 5.69 Å². The summed E-state index contributed by atoms with van der Waals surface area (Å²) in [6.07, 6.45) is 1.09. The molecule has 3 rings (SSSR count). The fraction of sp³-hybridized carbons (Fsp3) is 0.375. The van der Waals surface area contributed by atoms with E-state index >= 15 is 0 Å². The minimum atomic E-state index is -0.00815. The van der Waals surface area contributed by atoms with Gasteiger partial charge in [0.15, 0.2) is 0 Å². The van der Waals surface area contributed by atoms with Crippen molar-refractivity contribution in [2.45, 2.75) is 18.6 Å². The Balaban J connectivity index is 1.91. The number of pyridine rings is 1. The van der Waals surface area contributed by atoms with Crippen LogP contribution >= 0.6 is 11.8 Å². The summed E-state index contributed by atoms with van der Waals surface area (Å²) in [5.41, 5.74) is 7.91. The zero-order chi connectivity index (χ0) is 14.8. The number of rotatable bonds is 2. The molecular weight excluding hydrogens is 282 g/mol. The summed E-state index contributed by atoms with van der Waals surface area (Å²) in [5.74, 6) is 0.985. The Labute approximate surface area is 128 Å². The van der Waals surface area contributed by atoms with Gasteiger partial charge in [-0.25, -0.2) is 4.98 Å². The van der Waals surface area contributed by atoms with Crippen molar-refractivity contribution in [3.05, 3.63) is 36.0 Å². The molecule has 0 spiro atoms. The second-order valence-corrected chi connectivity index (χ2v) is 6.67. The summed E-state index contributed by atoms with van der Waals surface area (Å²) in [5, 5.41) is 1.43. The molecule has 1 aromatic carbocycles. The first-order valence-corrected chi connectivity index (χ1v) is 8.30. The normalized spacial score (nSPS) is 18.9. The van der Waals surface area contributed by atoms with E-state index in [-0.39, 0.29) is 5.91 Å². The molecule has 5 heteroatoms. The minimum Gasteiger partial charge on any atom is -0.398 e. The van der Waals surface area contributed by atoms with Crippen LogP contribution in [0.2, 0.25) is 0 Å². The van der Waals surface area contributed by atoms with E-state index in [1.165, 1.54) is 0 Å². The van der Waals surface area contributed by atoms with Crippen molar-refractivity contribution in [3.63, 3.8) is 0 Å². The number of nitrogens with two attached hydrogens (primary N) is 1. The molecule has 1 unspecified atom stereocenters. The SMILES string of the molecule is CCC1CN(C(=O)c2cc(N)c3ccccc3n2)CCS1. The van der Waals surface area contributed by atoms with E-state index in [1.54, 1.807) is 6.07 Å². The van der Waals surface area contributed by atoms with E-state index in [1.807, 2.05) is 40.9 Å². The van der Waals surface area contributed by atoms with Crippen molar-refractivity contribution < 1.29 is 4.79 Å². The number of aromatic nitrogens is 1. The largest absolute Gasteiger partial charge is 0.398 e. The number of nitrogens with zero attached hydrogens (tertiary/aromatic N) is 2. The molecule has 2 N–H and O–H groups in total. The lowest BCUT2D eigenvalue weighted by atomic mass is 10.1. The Hall–Kier alpha value is -1.75. The molecule has 1 saturated heterocycles. The molecule has 0 radical (unpaired) electrons. The van der Waals surface area contributed by atoms with Gasteiger partial charge in [0.2, 0.25) is 0 Å². The zero-order valence-electron chi connectivity index (χ0n) is 12.1. The van der Waals surface area contributed by atoms with E-state index < -0.39 is 0 Å². The third kappa shape index (κ3) is 2.83. The lowest BCUT2D eigenvalue weighted by molar-refractivity contribution is 0.0755. The van der Waals surface area contributed by atoms with E-state index in [4.69, 9.17) is 5.73 Å². The van der Waals surface area contributed by atoms with Crippen molar-refractivity contribution >= 4 is 34.3 Å². The molecule has 0 aliphatic carbocycles. The van der Waals surface area contributed by atoms with Crippen LogP contribution in [-0.2, 0) is 0 Å². The zero-order valence-corrected chi connectivity index (χ0v) is 12.9. The lowest BCUT2D eigenvalue weighted by Gasteiger charge is -2.31. The van der Waals surface area contributed by atoms with Crippen LogP contribution in [0.15, 0.2) is 30.3 Å². The van der Waals surface area contributed by atoms with Crippen molar-refractivity contribution in [1.29, 1.82) is 0 Å². The van der Waals surface area contributed by atoms with Gasteiger partial charge in [0.1, 0.15) is 5.69 Å². The third-order valence-corrected chi connectivity index (χ3v) is 5.22. The highest BCUT2D eigenvalue weighted by atomic mass is 32.2. The second-order valence-electron chi connectivity index (χ2n) is 5.27. The molecule has 1 atom stereocenters. The number of carbonyl (C=O) groups excluding carboxylic acids is 1. The predicted octanol–water partition coefficient (Wildman–Crippen LogP) is 2.78.